The van der Waals surface area contributed by atoms with Crippen LogP contribution in [0.3, 0.4) is 0 Å². The zero-order valence-corrected chi connectivity index (χ0v) is 18.8. The Hall–Kier alpha value is -3.40. The van der Waals surface area contributed by atoms with Gasteiger partial charge in [0.2, 0.25) is 10.0 Å². The summed E-state index contributed by atoms with van der Waals surface area (Å²) in [4.78, 5) is 11.7. The standard InChI is InChI=1S/C24H24N2O6S/c1-17-2-4-18(5-3-17)15-26(16-19-6-8-20(9-7-19)24(27)25-28)33(29,30)21-10-11-22-23(14-21)32-13-12-31-22/h2-11,14,28H,12-13,15-16H2,1H3,(H,25,27). The van der Waals surface area contributed by atoms with Gasteiger partial charge in [0, 0.05) is 24.7 Å². The van der Waals surface area contributed by atoms with Crippen LogP contribution in [0.2, 0.25) is 0 Å². The Bertz CT molecular complexity index is 1240. The van der Waals surface area contributed by atoms with Crippen molar-refractivity contribution in [1.29, 1.82) is 0 Å². The van der Waals surface area contributed by atoms with E-state index in [0.29, 0.717) is 30.3 Å². The highest BCUT2D eigenvalue weighted by Crippen LogP contribution is 2.33. The van der Waals surface area contributed by atoms with E-state index in [1.54, 1.807) is 23.7 Å². The molecule has 0 spiro atoms. The summed E-state index contributed by atoms with van der Waals surface area (Å²) in [6.45, 7) is 3.00. The smallest absolute Gasteiger partial charge is 0.274 e. The van der Waals surface area contributed by atoms with Crippen molar-refractivity contribution in [3.05, 3.63) is 89.0 Å². The maximum Gasteiger partial charge on any atom is 0.274 e. The molecule has 0 fully saturated rings. The SMILES string of the molecule is Cc1ccc(CN(Cc2ccc(C(=O)NO)cc2)S(=O)(=O)c2ccc3c(c2)OCCO3)cc1. The zero-order valence-electron chi connectivity index (χ0n) is 18.0. The number of benzene rings is 3. The highest BCUT2D eigenvalue weighted by Gasteiger charge is 2.27. The van der Waals surface area contributed by atoms with Gasteiger partial charge in [-0.2, -0.15) is 4.31 Å². The minimum Gasteiger partial charge on any atom is -0.486 e. The second-order valence-corrected chi connectivity index (χ2v) is 9.64. The Morgan fingerprint density at radius 3 is 2.09 bits per heavy atom. The van der Waals surface area contributed by atoms with Crippen LogP contribution >= 0.6 is 0 Å². The summed E-state index contributed by atoms with van der Waals surface area (Å²) in [5, 5.41) is 8.80. The third-order valence-corrected chi connectivity index (χ3v) is 7.10. The fraction of sp³-hybridized carbons (Fsp3) is 0.208. The molecule has 172 valence electrons. The summed E-state index contributed by atoms with van der Waals surface area (Å²) in [5.74, 6) is 0.280. The van der Waals surface area contributed by atoms with Crippen molar-refractivity contribution < 1.29 is 27.9 Å². The Morgan fingerprint density at radius 2 is 1.48 bits per heavy atom. The van der Waals surface area contributed by atoms with Gasteiger partial charge in [-0.15, -0.1) is 0 Å². The Labute approximate surface area is 192 Å². The van der Waals surface area contributed by atoms with E-state index < -0.39 is 15.9 Å². The molecule has 1 amide bonds. The number of fused-ring (bicyclic) bond motifs is 1. The molecular formula is C24H24N2O6S. The number of hydrogen-bond donors (Lipinski definition) is 2. The summed E-state index contributed by atoms with van der Waals surface area (Å²) in [5.41, 5.74) is 4.47. The van der Waals surface area contributed by atoms with Gasteiger partial charge in [-0.25, -0.2) is 13.9 Å². The first-order chi connectivity index (χ1) is 15.9. The second kappa shape index (κ2) is 9.62. The average Bonchev–Trinajstić information content (AvgIpc) is 2.84. The summed E-state index contributed by atoms with van der Waals surface area (Å²) >= 11 is 0. The molecular weight excluding hydrogens is 444 g/mol. The van der Waals surface area contributed by atoms with Crippen LogP contribution in [0, 0.1) is 6.92 Å². The van der Waals surface area contributed by atoms with Crippen LogP contribution < -0.4 is 15.0 Å². The van der Waals surface area contributed by atoms with Crippen molar-refractivity contribution in [3.8, 4) is 11.5 Å². The molecule has 0 saturated heterocycles. The largest absolute Gasteiger partial charge is 0.486 e. The van der Waals surface area contributed by atoms with Gasteiger partial charge in [0.1, 0.15) is 13.2 Å². The quantitative estimate of drug-likeness (QED) is 0.407. The number of ether oxygens (including phenoxy) is 2. The maximum absolute atomic E-state index is 13.6. The molecule has 3 aromatic carbocycles. The van der Waals surface area contributed by atoms with E-state index in [1.165, 1.54) is 28.6 Å². The van der Waals surface area contributed by atoms with E-state index in [1.807, 2.05) is 31.2 Å². The van der Waals surface area contributed by atoms with Gasteiger partial charge in [-0.05, 0) is 42.3 Å². The Balaban J connectivity index is 1.67. The Morgan fingerprint density at radius 1 is 0.909 bits per heavy atom. The topological polar surface area (TPSA) is 105 Å². The molecule has 1 aliphatic heterocycles. The summed E-state index contributed by atoms with van der Waals surface area (Å²) in [6, 6.07) is 18.7. The van der Waals surface area contributed by atoms with Crippen LogP contribution in [0.1, 0.15) is 27.0 Å². The molecule has 4 rings (SSSR count). The number of aryl methyl sites for hydroxylation is 1. The summed E-state index contributed by atoms with van der Waals surface area (Å²) < 4.78 is 39.8. The van der Waals surface area contributed by atoms with Gasteiger partial charge >= 0.3 is 0 Å². The van der Waals surface area contributed by atoms with Crippen molar-refractivity contribution in [2.45, 2.75) is 24.9 Å². The van der Waals surface area contributed by atoms with Crippen molar-refractivity contribution in [3.63, 3.8) is 0 Å². The number of nitrogens with one attached hydrogen (secondary N) is 1. The maximum atomic E-state index is 13.6. The van der Waals surface area contributed by atoms with Crippen LogP contribution in [0.4, 0.5) is 0 Å². The first-order valence-electron chi connectivity index (χ1n) is 10.4. The second-order valence-electron chi connectivity index (χ2n) is 7.70. The van der Waals surface area contributed by atoms with Crippen LogP contribution in [-0.4, -0.2) is 37.1 Å². The lowest BCUT2D eigenvalue weighted by atomic mass is 10.1. The van der Waals surface area contributed by atoms with Crippen LogP contribution in [-0.2, 0) is 23.1 Å². The van der Waals surface area contributed by atoms with Gasteiger partial charge in [-0.3, -0.25) is 10.0 Å². The lowest BCUT2D eigenvalue weighted by Crippen LogP contribution is -2.30. The number of carbonyl (C=O) groups excluding carboxylic acids is 1. The number of rotatable bonds is 7. The van der Waals surface area contributed by atoms with Crippen molar-refractivity contribution >= 4 is 15.9 Å². The van der Waals surface area contributed by atoms with Crippen LogP contribution in [0.15, 0.2) is 71.6 Å². The van der Waals surface area contributed by atoms with Gasteiger partial charge < -0.3 is 9.47 Å². The van der Waals surface area contributed by atoms with E-state index in [2.05, 4.69) is 0 Å². The summed E-state index contributed by atoms with van der Waals surface area (Å²) in [6.07, 6.45) is 0. The molecule has 8 nitrogen and oxygen atoms in total. The predicted octanol–water partition coefficient (Wildman–Crippen LogP) is 3.28. The first-order valence-corrected chi connectivity index (χ1v) is 11.8. The molecule has 0 saturated carbocycles. The fourth-order valence-electron chi connectivity index (χ4n) is 3.49. The van der Waals surface area contributed by atoms with Crippen LogP contribution in [0.25, 0.3) is 0 Å². The third kappa shape index (κ3) is 5.16. The molecule has 0 aromatic heterocycles. The van der Waals surface area contributed by atoms with Crippen molar-refractivity contribution in [1.82, 2.24) is 9.79 Å². The van der Waals surface area contributed by atoms with Gasteiger partial charge in [0.25, 0.3) is 5.91 Å². The van der Waals surface area contributed by atoms with Gasteiger partial charge in [0.05, 0.1) is 4.90 Å². The first kappa shape index (κ1) is 22.8. The van der Waals surface area contributed by atoms with Crippen LogP contribution in [0.5, 0.6) is 11.5 Å². The molecule has 0 unspecified atom stereocenters. The normalized spacial score (nSPS) is 13.1. The Kier molecular flexibility index (Phi) is 6.64. The number of sulfonamides is 1. The molecule has 1 aliphatic rings. The molecule has 33 heavy (non-hydrogen) atoms. The summed E-state index contributed by atoms with van der Waals surface area (Å²) in [7, 11) is -3.89. The fourth-order valence-corrected chi connectivity index (χ4v) is 4.92. The molecule has 3 aromatic rings. The molecule has 0 aliphatic carbocycles. The highest BCUT2D eigenvalue weighted by molar-refractivity contribution is 7.89. The minimum atomic E-state index is -3.89. The average molecular weight is 469 g/mol. The molecule has 2 N–H and O–H groups in total. The molecule has 0 radical (unpaired) electrons. The number of hydroxylamine groups is 1. The molecule has 0 atom stereocenters. The minimum absolute atomic E-state index is 0.0890. The number of amides is 1. The van der Waals surface area contributed by atoms with Gasteiger partial charge in [-0.1, -0.05) is 42.0 Å². The van der Waals surface area contributed by atoms with E-state index in [0.717, 1.165) is 11.1 Å². The monoisotopic (exact) mass is 468 g/mol. The number of hydrogen-bond acceptors (Lipinski definition) is 6. The number of carbonyl (C=O) groups is 1. The van der Waals surface area contributed by atoms with Crippen molar-refractivity contribution in [2.75, 3.05) is 13.2 Å². The van der Waals surface area contributed by atoms with E-state index in [9.17, 15) is 13.2 Å². The number of nitrogens with zero attached hydrogens (tertiary/aromatic N) is 1. The van der Waals surface area contributed by atoms with E-state index in [-0.39, 0.29) is 23.5 Å². The van der Waals surface area contributed by atoms with E-state index >= 15 is 0 Å². The molecule has 9 heteroatoms. The lowest BCUT2D eigenvalue weighted by Gasteiger charge is -2.24. The highest BCUT2D eigenvalue weighted by atomic mass is 32.2. The van der Waals surface area contributed by atoms with Crippen molar-refractivity contribution in [2.24, 2.45) is 0 Å². The predicted molar refractivity (Wildman–Crippen MR) is 121 cm³/mol. The zero-order chi connectivity index (χ0) is 23.4. The van der Waals surface area contributed by atoms with E-state index in [4.69, 9.17) is 14.7 Å². The van der Waals surface area contributed by atoms with Gasteiger partial charge in [0.15, 0.2) is 11.5 Å². The molecule has 0 bridgehead atoms. The molecule has 1 heterocycles. The lowest BCUT2D eigenvalue weighted by molar-refractivity contribution is 0.0706. The third-order valence-electron chi connectivity index (χ3n) is 5.31.